The average molecular weight is 270 g/mol. The van der Waals surface area contributed by atoms with Crippen molar-refractivity contribution in [1.82, 2.24) is 4.90 Å². The van der Waals surface area contributed by atoms with Gasteiger partial charge >= 0.3 is 0 Å². The van der Waals surface area contributed by atoms with Gasteiger partial charge in [0.05, 0.1) is 4.92 Å². The van der Waals surface area contributed by atoms with Crippen LogP contribution in [0.5, 0.6) is 0 Å². The van der Waals surface area contributed by atoms with E-state index in [9.17, 15) is 14.9 Å². The molecular weight excluding hydrogens is 258 g/mol. The van der Waals surface area contributed by atoms with Crippen molar-refractivity contribution in [3.8, 4) is 0 Å². The molecule has 6 nitrogen and oxygen atoms in total. The molecule has 18 heavy (non-hydrogen) atoms. The predicted octanol–water partition coefficient (Wildman–Crippen LogP) is 1.89. The fraction of sp³-hybridized carbons (Fsp3) is 0.364. The lowest BCUT2D eigenvalue weighted by atomic mass is 10.2. The summed E-state index contributed by atoms with van der Waals surface area (Å²) < 4.78 is 0. The Morgan fingerprint density at radius 3 is 2.83 bits per heavy atom. The molecule has 1 N–H and O–H groups in total. The van der Waals surface area contributed by atoms with Gasteiger partial charge in [0.25, 0.3) is 5.69 Å². The standard InChI is InChI=1S/C11H12ClN3O3/c1-14-5-4-9(11(14)16)13-8-3-2-7(12)6-10(8)15(17)18/h2-3,6,9,13H,4-5H2,1H3. The number of nitrogens with zero attached hydrogens (tertiary/aromatic N) is 2. The molecule has 1 amide bonds. The Kier molecular flexibility index (Phi) is 3.38. The van der Waals surface area contributed by atoms with Gasteiger partial charge in [-0.1, -0.05) is 11.6 Å². The molecule has 96 valence electrons. The number of amides is 1. The monoisotopic (exact) mass is 269 g/mol. The Bertz CT molecular complexity index is 506. The molecule has 2 rings (SSSR count). The lowest BCUT2D eigenvalue weighted by Crippen LogP contribution is -2.31. The Labute approximate surface area is 109 Å². The van der Waals surface area contributed by atoms with E-state index in [0.717, 1.165) is 0 Å². The third-order valence-electron chi connectivity index (χ3n) is 2.91. The van der Waals surface area contributed by atoms with Gasteiger partial charge in [-0.15, -0.1) is 0 Å². The van der Waals surface area contributed by atoms with Crippen LogP contribution < -0.4 is 5.32 Å². The number of likely N-dealkylation sites (N-methyl/N-ethyl adjacent to an activating group) is 1. The summed E-state index contributed by atoms with van der Waals surface area (Å²) in [5.41, 5.74) is 0.197. The van der Waals surface area contributed by atoms with Gasteiger partial charge in [-0.05, 0) is 18.6 Å². The third-order valence-corrected chi connectivity index (χ3v) is 3.15. The van der Waals surface area contributed by atoms with Crippen molar-refractivity contribution < 1.29 is 9.72 Å². The van der Waals surface area contributed by atoms with E-state index in [4.69, 9.17) is 11.6 Å². The quantitative estimate of drug-likeness (QED) is 0.672. The summed E-state index contributed by atoms with van der Waals surface area (Å²) in [6.07, 6.45) is 0.634. The summed E-state index contributed by atoms with van der Waals surface area (Å²) in [6.45, 7) is 0.651. The molecule has 1 heterocycles. The second-order valence-electron chi connectivity index (χ2n) is 4.16. The second kappa shape index (κ2) is 4.81. The zero-order chi connectivity index (χ0) is 13.3. The number of halogens is 1. The van der Waals surface area contributed by atoms with Gasteiger partial charge < -0.3 is 10.2 Å². The number of hydrogen-bond acceptors (Lipinski definition) is 4. The molecule has 1 aromatic carbocycles. The number of nitrogens with one attached hydrogen (secondary N) is 1. The van der Waals surface area contributed by atoms with Crippen molar-refractivity contribution in [1.29, 1.82) is 0 Å². The number of hydrogen-bond donors (Lipinski definition) is 1. The Morgan fingerprint density at radius 2 is 2.28 bits per heavy atom. The normalized spacial score (nSPS) is 19.1. The van der Waals surface area contributed by atoms with Crippen LogP contribution >= 0.6 is 11.6 Å². The topological polar surface area (TPSA) is 75.5 Å². The zero-order valence-corrected chi connectivity index (χ0v) is 10.5. The molecule has 1 fully saturated rings. The molecular formula is C11H12ClN3O3. The minimum Gasteiger partial charge on any atom is -0.368 e. The lowest BCUT2D eigenvalue weighted by molar-refractivity contribution is -0.384. The van der Waals surface area contributed by atoms with E-state index in [1.54, 1.807) is 18.0 Å². The molecule has 0 aliphatic carbocycles. The van der Waals surface area contributed by atoms with Gasteiger partial charge in [-0.2, -0.15) is 0 Å². The van der Waals surface area contributed by atoms with E-state index in [-0.39, 0.29) is 11.6 Å². The van der Waals surface area contributed by atoms with Gasteiger partial charge in [-0.25, -0.2) is 0 Å². The predicted molar refractivity (Wildman–Crippen MR) is 67.8 cm³/mol. The Balaban J connectivity index is 2.24. The third kappa shape index (κ3) is 2.38. The van der Waals surface area contributed by atoms with E-state index in [1.807, 2.05) is 0 Å². The fourth-order valence-corrected chi connectivity index (χ4v) is 2.09. The minimum atomic E-state index is -0.517. The summed E-state index contributed by atoms with van der Waals surface area (Å²) in [5.74, 6) is -0.0563. The van der Waals surface area contributed by atoms with Crippen LogP contribution in [0.2, 0.25) is 5.02 Å². The molecule has 0 radical (unpaired) electrons. The van der Waals surface area contributed by atoms with Crippen molar-refractivity contribution in [2.24, 2.45) is 0 Å². The number of nitro benzene ring substituents is 1. The maximum absolute atomic E-state index is 11.7. The number of nitro groups is 1. The van der Waals surface area contributed by atoms with Crippen LogP contribution in [0.15, 0.2) is 18.2 Å². The number of likely N-dealkylation sites (tertiary alicyclic amines) is 1. The highest BCUT2D eigenvalue weighted by Gasteiger charge is 2.30. The van der Waals surface area contributed by atoms with Crippen molar-refractivity contribution in [3.63, 3.8) is 0 Å². The van der Waals surface area contributed by atoms with Crippen LogP contribution in [0.4, 0.5) is 11.4 Å². The van der Waals surface area contributed by atoms with Crippen LogP contribution in [0.25, 0.3) is 0 Å². The molecule has 0 spiro atoms. The van der Waals surface area contributed by atoms with Crippen molar-refractivity contribution in [2.75, 3.05) is 18.9 Å². The van der Waals surface area contributed by atoms with Gasteiger partial charge in [0.15, 0.2) is 0 Å². The van der Waals surface area contributed by atoms with Crippen LogP contribution in [-0.4, -0.2) is 35.4 Å². The van der Waals surface area contributed by atoms with Crippen LogP contribution in [-0.2, 0) is 4.79 Å². The highest BCUT2D eigenvalue weighted by molar-refractivity contribution is 6.30. The SMILES string of the molecule is CN1CCC(Nc2ccc(Cl)cc2[N+](=O)[O-])C1=O. The lowest BCUT2D eigenvalue weighted by Gasteiger charge is -2.13. The van der Waals surface area contributed by atoms with Crippen molar-refractivity contribution in [3.05, 3.63) is 33.3 Å². The van der Waals surface area contributed by atoms with E-state index in [1.165, 1.54) is 12.1 Å². The van der Waals surface area contributed by atoms with Crippen molar-refractivity contribution >= 4 is 28.9 Å². The molecule has 1 atom stereocenters. The highest BCUT2D eigenvalue weighted by Crippen LogP contribution is 2.29. The summed E-state index contributed by atoms with van der Waals surface area (Å²) in [5, 5.41) is 14.1. The van der Waals surface area contributed by atoms with Gasteiger partial charge in [0, 0.05) is 24.7 Å². The number of carbonyl (C=O) groups excluding carboxylic acids is 1. The molecule has 1 aliphatic rings. The Hall–Kier alpha value is -1.82. The van der Waals surface area contributed by atoms with Crippen molar-refractivity contribution in [2.45, 2.75) is 12.5 Å². The minimum absolute atomic E-state index is 0.0563. The first-order chi connectivity index (χ1) is 8.49. The smallest absolute Gasteiger partial charge is 0.293 e. The van der Waals surface area contributed by atoms with E-state index in [0.29, 0.717) is 23.7 Å². The maximum Gasteiger partial charge on any atom is 0.293 e. The summed E-state index contributed by atoms with van der Waals surface area (Å²) in [6, 6.07) is 3.94. The molecule has 7 heteroatoms. The molecule has 0 bridgehead atoms. The highest BCUT2D eigenvalue weighted by atomic mass is 35.5. The number of anilines is 1. The van der Waals surface area contributed by atoms with E-state index in [2.05, 4.69) is 5.32 Å². The van der Waals surface area contributed by atoms with Gasteiger partial charge in [-0.3, -0.25) is 14.9 Å². The molecule has 1 aromatic rings. The average Bonchev–Trinajstić information content (AvgIpc) is 2.63. The summed E-state index contributed by atoms with van der Waals surface area (Å²) >= 11 is 5.72. The molecule has 1 saturated heterocycles. The first-order valence-corrected chi connectivity index (χ1v) is 5.82. The second-order valence-corrected chi connectivity index (χ2v) is 4.60. The summed E-state index contributed by atoms with van der Waals surface area (Å²) in [4.78, 5) is 23.7. The number of carbonyl (C=O) groups is 1. The number of rotatable bonds is 3. The van der Waals surface area contributed by atoms with Gasteiger partial charge in [0.1, 0.15) is 11.7 Å². The molecule has 0 saturated carbocycles. The molecule has 1 aliphatic heterocycles. The first-order valence-electron chi connectivity index (χ1n) is 5.44. The molecule has 0 aromatic heterocycles. The fourth-order valence-electron chi connectivity index (χ4n) is 1.92. The zero-order valence-electron chi connectivity index (χ0n) is 9.72. The number of benzene rings is 1. The maximum atomic E-state index is 11.7. The van der Waals surface area contributed by atoms with Crippen LogP contribution in [0, 0.1) is 10.1 Å². The molecule has 1 unspecified atom stereocenters. The van der Waals surface area contributed by atoms with E-state index >= 15 is 0 Å². The Morgan fingerprint density at radius 1 is 1.56 bits per heavy atom. The van der Waals surface area contributed by atoms with Crippen LogP contribution in [0.3, 0.4) is 0 Å². The summed E-state index contributed by atoms with van der Waals surface area (Å²) in [7, 11) is 1.71. The first kappa shape index (κ1) is 12.6. The van der Waals surface area contributed by atoms with Gasteiger partial charge in [0.2, 0.25) is 5.91 Å². The largest absolute Gasteiger partial charge is 0.368 e. The van der Waals surface area contributed by atoms with E-state index < -0.39 is 11.0 Å². The van der Waals surface area contributed by atoms with Crippen LogP contribution in [0.1, 0.15) is 6.42 Å².